The molecular weight excluding hydrogens is 140 g/mol. The van der Waals surface area contributed by atoms with E-state index >= 15 is 0 Å². The molecule has 0 rings (SSSR count). The average Bonchev–Trinajstić information content (AvgIpc) is 1.99. The monoisotopic (exact) mass is 160 g/mol. The zero-order valence-electron chi connectivity index (χ0n) is 7.68. The van der Waals surface area contributed by atoms with Gasteiger partial charge in [-0.2, -0.15) is 11.8 Å². The molecule has 0 aromatic rings. The van der Waals surface area contributed by atoms with Gasteiger partial charge in [-0.05, 0) is 18.1 Å². The van der Waals surface area contributed by atoms with Gasteiger partial charge in [0, 0.05) is 5.25 Å². The number of hydrogen-bond donors (Lipinski definition) is 0. The summed E-state index contributed by atoms with van der Waals surface area (Å²) in [5, 5.41) is 0.856. The number of rotatable bonds is 5. The normalized spacial score (nSPS) is 16.8. The molecule has 0 nitrogen and oxygen atoms in total. The van der Waals surface area contributed by atoms with Crippen LogP contribution in [0.1, 0.15) is 40.5 Å². The molecule has 1 heteroatoms. The molecule has 0 aliphatic carbocycles. The van der Waals surface area contributed by atoms with Gasteiger partial charge in [0.1, 0.15) is 0 Å². The van der Waals surface area contributed by atoms with Gasteiger partial charge < -0.3 is 0 Å². The van der Waals surface area contributed by atoms with Crippen molar-refractivity contribution >= 4 is 11.8 Å². The molecule has 0 saturated carbocycles. The third kappa shape index (κ3) is 5.16. The highest BCUT2D eigenvalue weighted by Gasteiger charge is 2.02. The van der Waals surface area contributed by atoms with Gasteiger partial charge in [0.2, 0.25) is 0 Å². The summed E-state index contributed by atoms with van der Waals surface area (Å²) in [6.45, 7) is 9.17. The minimum absolute atomic E-state index is 0.856. The minimum atomic E-state index is 0.856. The topological polar surface area (TPSA) is 0 Å². The Morgan fingerprint density at radius 2 is 1.70 bits per heavy atom. The Bertz CT molecular complexity index is 61.1. The van der Waals surface area contributed by atoms with Gasteiger partial charge in [0.25, 0.3) is 0 Å². The molecule has 2 unspecified atom stereocenters. The fourth-order valence-electron chi connectivity index (χ4n) is 0.564. The van der Waals surface area contributed by atoms with Crippen LogP contribution in [0.2, 0.25) is 0 Å². The first-order valence-corrected chi connectivity index (χ1v) is 5.37. The van der Waals surface area contributed by atoms with Gasteiger partial charge in [-0.15, -0.1) is 0 Å². The van der Waals surface area contributed by atoms with Crippen LogP contribution in [0.25, 0.3) is 0 Å². The van der Waals surface area contributed by atoms with Gasteiger partial charge in [0.15, 0.2) is 0 Å². The summed E-state index contributed by atoms with van der Waals surface area (Å²) < 4.78 is 0. The molecule has 0 aliphatic rings. The van der Waals surface area contributed by atoms with E-state index in [1.807, 2.05) is 0 Å². The molecule has 0 aliphatic heterocycles. The first kappa shape index (κ1) is 10.3. The second-order valence-electron chi connectivity index (χ2n) is 3.07. The Hall–Kier alpha value is 0.350. The van der Waals surface area contributed by atoms with Crippen molar-refractivity contribution in [2.75, 3.05) is 5.75 Å². The first-order chi connectivity index (χ1) is 4.70. The molecule has 0 aromatic carbocycles. The van der Waals surface area contributed by atoms with Gasteiger partial charge in [0.05, 0.1) is 0 Å². The fraction of sp³-hybridized carbons (Fsp3) is 1.00. The van der Waals surface area contributed by atoms with E-state index in [0.29, 0.717) is 0 Å². The van der Waals surface area contributed by atoms with E-state index in [1.54, 1.807) is 0 Å². The molecule has 62 valence electrons. The zero-order chi connectivity index (χ0) is 7.98. The summed E-state index contributed by atoms with van der Waals surface area (Å²) >= 11 is 2.11. The third-order valence-electron chi connectivity index (χ3n) is 1.94. The molecule has 0 saturated heterocycles. The fourth-order valence-corrected chi connectivity index (χ4v) is 1.69. The second-order valence-corrected chi connectivity index (χ2v) is 4.54. The summed E-state index contributed by atoms with van der Waals surface area (Å²) in [6.07, 6.45) is 2.63. The van der Waals surface area contributed by atoms with Gasteiger partial charge in [-0.1, -0.05) is 34.1 Å². The lowest BCUT2D eigenvalue weighted by molar-refractivity contribution is 0.635. The molecule has 0 spiro atoms. The molecule has 0 bridgehead atoms. The summed E-state index contributed by atoms with van der Waals surface area (Å²) in [5.41, 5.74) is 0. The van der Waals surface area contributed by atoms with Gasteiger partial charge in [-0.25, -0.2) is 0 Å². The largest absolute Gasteiger partial charge is 0.159 e. The SMILES string of the molecule is CCC(C)CSC(C)CC. The van der Waals surface area contributed by atoms with E-state index in [9.17, 15) is 0 Å². The van der Waals surface area contributed by atoms with Crippen molar-refractivity contribution in [2.45, 2.75) is 45.8 Å². The van der Waals surface area contributed by atoms with E-state index in [0.717, 1.165) is 11.2 Å². The molecular formula is C9H20S. The predicted octanol–water partition coefficient (Wildman–Crippen LogP) is 3.56. The van der Waals surface area contributed by atoms with Gasteiger partial charge >= 0.3 is 0 Å². The van der Waals surface area contributed by atoms with Crippen LogP contribution in [0.3, 0.4) is 0 Å². The van der Waals surface area contributed by atoms with Crippen molar-refractivity contribution in [3.8, 4) is 0 Å². The summed E-state index contributed by atoms with van der Waals surface area (Å²) in [5.74, 6) is 2.24. The Morgan fingerprint density at radius 3 is 2.10 bits per heavy atom. The van der Waals surface area contributed by atoms with Crippen molar-refractivity contribution in [3.05, 3.63) is 0 Å². The molecule has 2 atom stereocenters. The van der Waals surface area contributed by atoms with E-state index < -0.39 is 0 Å². The lowest BCUT2D eigenvalue weighted by atomic mass is 10.2. The van der Waals surface area contributed by atoms with Crippen LogP contribution >= 0.6 is 11.8 Å². The molecule has 0 aromatic heterocycles. The Morgan fingerprint density at radius 1 is 1.10 bits per heavy atom. The van der Waals surface area contributed by atoms with Crippen LogP contribution in [0.15, 0.2) is 0 Å². The Labute approximate surface area is 69.8 Å². The molecule has 0 fully saturated rings. The van der Waals surface area contributed by atoms with Crippen LogP contribution in [-0.2, 0) is 0 Å². The standard InChI is InChI=1S/C9H20S/c1-5-8(3)7-10-9(4)6-2/h8-9H,5-7H2,1-4H3. The third-order valence-corrected chi connectivity index (χ3v) is 3.60. The average molecular weight is 160 g/mol. The molecule has 10 heavy (non-hydrogen) atoms. The predicted molar refractivity (Wildman–Crippen MR) is 51.7 cm³/mol. The van der Waals surface area contributed by atoms with Crippen LogP contribution < -0.4 is 0 Å². The van der Waals surface area contributed by atoms with Crippen LogP contribution in [0.5, 0.6) is 0 Å². The van der Waals surface area contributed by atoms with E-state index in [2.05, 4.69) is 39.5 Å². The minimum Gasteiger partial charge on any atom is -0.159 e. The van der Waals surface area contributed by atoms with Crippen LogP contribution in [0.4, 0.5) is 0 Å². The maximum Gasteiger partial charge on any atom is 0.00161 e. The Kier molecular flexibility index (Phi) is 6.30. The van der Waals surface area contributed by atoms with Crippen LogP contribution in [-0.4, -0.2) is 11.0 Å². The molecule has 0 amide bonds. The van der Waals surface area contributed by atoms with Crippen molar-refractivity contribution in [1.29, 1.82) is 0 Å². The van der Waals surface area contributed by atoms with Crippen molar-refractivity contribution < 1.29 is 0 Å². The highest BCUT2D eigenvalue weighted by atomic mass is 32.2. The number of hydrogen-bond acceptors (Lipinski definition) is 1. The molecule has 0 N–H and O–H groups in total. The van der Waals surface area contributed by atoms with Crippen LogP contribution in [0, 0.1) is 5.92 Å². The highest BCUT2D eigenvalue weighted by molar-refractivity contribution is 7.99. The second kappa shape index (κ2) is 6.09. The summed E-state index contributed by atoms with van der Waals surface area (Å²) in [6, 6.07) is 0. The van der Waals surface area contributed by atoms with Crippen molar-refractivity contribution in [1.82, 2.24) is 0 Å². The summed E-state index contributed by atoms with van der Waals surface area (Å²) in [4.78, 5) is 0. The summed E-state index contributed by atoms with van der Waals surface area (Å²) in [7, 11) is 0. The molecule has 0 heterocycles. The first-order valence-electron chi connectivity index (χ1n) is 4.32. The van der Waals surface area contributed by atoms with E-state index in [1.165, 1.54) is 18.6 Å². The molecule has 0 radical (unpaired) electrons. The lowest BCUT2D eigenvalue weighted by Gasteiger charge is -2.11. The van der Waals surface area contributed by atoms with Crippen molar-refractivity contribution in [2.24, 2.45) is 5.92 Å². The zero-order valence-corrected chi connectivity index (χ0v) is 8.50. The number of thioether (sulfide) groups is 1. The quantitative estimate of drug-likeness (QED) is 0.592. The highest BCUT2D eigenvalue weighted by Crippen LogP contribution is 2.18. The smallest absolute Gasteiger partial charge is 0.00161 e. The van der Waals surface area contributed by atoms with E-state index in [4.69, 9.17) is 0 Å². The maximum atomic E-state index is 2.33. The van der Waals surface area contributed by atoms with E-state index in [-0.39, 0.29) is 0 Å². The van der Waals surface area contributed by atoms with Crippen molar-refractivity contribution in [3.63, 3.8) is 0 Å². The van der Waals surface area contributed by atoms with Gasteiger partial charge in [-0.3, -0.25) is 0 Å². The Balaban J connectivity index is 3.17. The lowest BCUT2D eigenvalue weighted by Crippen LogP contribution is -2.01. The maximum absolute atomic E-state index is 2.33.